The van der Waals surface area contributed by atoms with E-state index < -0.39 is 0 Å². The monoisotopic (exact) mass is 326 g/mol. The second kappa shape index (κ2) is 6.12. The van der Waals surface area contributed by atoms with Crippen molar-refractivity contribution in [1.82, 2.24) is 9.88 Å². The van der Waals surface area contributed by atoms with E-state index in [1.165, 1.54) is 12.8 Å². The van der Waals surface area contributed by atoms with Crippen molar-refractivity contribution in [1.29, 1.82) is 0 Å². The van der Waals surface area contributed by atoms with Gasteiger partial charge < -0.3 is 9.88 Å². The summed E-state index contributed by atoms with van der Waals surface area (Å²) in [5.74, 6) is 1.41. The van der Waals surface area contributed by atoms with Crippen LogP contribution in [-0.2, 0) is 6.54 Å². The van der Waals surface area contributed by atoms with Crippen molar-refractivity contribution in [2.24, 2.45) is 11.8 Å². The van der Waals surface area contributed by atoms with E-state index in [1.54, 1.807) is 0 Å². The Balaban J connectivity index is 2.04. The number of carbonyl (C=O) groups excluding carboxylic acids is 1. The number of nitrogens with zero attached hydrogens (tertiary/aromatic N) is 1. The van der Waals surface area contributed by atoms with Crippen LogP contribution in [-0.4, -0.2) is 16.5 Å². The molecule has 1 N–H and O–H groups in total. The van der Waals surface area contributed by atoms with Gasteiger partial charge in [0, 0.05) is 23.3 Å². The SMILES string of the molecule is CCn1cc(Br)cc1C(=O)NC1CCC(C)CC1C. The topological polar surface area (TPSA) is 34.0 Å². The normalized spacial score (nSPS) is 27.3. The van der Waals surface area contributed by atoms with Gasteiger partial charge in [0.2, 0.25) is 0 Å². The Bertz CT molecular complexity index is 455. The third-order valence-electron chi connectivity index (χ3n) is 4.18. The van der Waals surface area contributed by atoms with Crippen LogP contribution in [0.5, 0.6) is 0 Å². The van der Waals surface area contributed by atoms with Crippen LogP contribution in [0.3, 0.4) is 0 Å². The van der Waals surface area contributed by atoms with E-state index in [1.807, 2.05) is 23.8 Å². The molecule has 3 atom stereocenters. The Morgan fingerprint density at radius 1 is 1.47 bits per heavy atom. The summed E-state index contributed by atoms with van der Waals surface area (Å²) in [7, 11) is 0. The summed E-state index contributed by atoms with van der Waals surface area (Å²) in [6.07, 6.45) is 5.49. The molecule has 4 heteroatoms. The van der Waals surface area contributed by atoms with Gasteiger partial charge in [-0.3, -0.25) is 4.79 Å². The molecule has 1 aliphatic rings. The first kappa shape index (κ1) is 14.6. The summed E-state index contributed by atoms with van der Waals surface area (Å²) >= 11 is 3.44. The van der Waals surface area contributed by atoms with Gasteiger partial charge in [-0.15, -0.1) is 0 Å². The predicted molar refractivity (Wildman–Crippen MR) is 81.2 cm³/mol. The molecule has 3 nitrogen and oxygen atoms in total. The van der Waals surface area contributed by atoms with E-state index >= 15 is 0 Å². The average Bonchev–Trinajstić information content (AvgIpc) is 2.74. The van der Waals surface area contributed by atoms with E-state index in [0.717, 1.165) is 29.1 Å². The van der Waals surface area contributed by atoms with Crippen LogP contribution in [0.1, 0.15) is 50.5 Å². The zero-order valence-corrected chi connectivity index (χ0v) is 13.5. The zero-order valence-electron chi connectivity index (χ0n) is 11.9. The molecule has 1 amide bonds. The average molecular weight is 327 g/mol. The number of aromatic nitrogens is 1. The van der Waals surface area contributed by atoms with E-state index in [0.29, 0.717) is 12.0 Å². The van der Waals surface area contributed by atoms with Crippen LogP contribution in [0.15, 0.2) is 16.7 Å². The number of hydrogen-bond donors (Lipinski definition) is 1. The maximum Gasteiger partial charge on any atom is 0.268 e. The quantitative estimate of drug-likeness (QED) is 0.900. The molecule has 3 unspecified atom stereocenters. The molecule has 1 saturated carbocycles. The van der Waals surface area contributed by atoms with Crippen LogP contribution in [0, 0.1) is 11.8 Å². The first-order chi connectivity index (χ1) is 9.01. The Kier molecular flexibility index (Phi) is 4.71. The van der Waals surface area contributed by atoms with E-state index in [4.69, 9.17) is 0 Å². The number of carbonyl (C=O) groups is 1. The zero-order chi connectivity index (χ0) is 14.0. The Morgan fingerprint density at radius 3 is 2.84 bits per heavy atom. The van der Waals surface area contributed by atoms with Gasteiger partial charge in [-0.25, -0.2) is 0 Å². The van der Waals surface area contributed by atoms with E-state index in [9.17, 15) is 4.79 Å². The number of hydrogen-bond acceptors (Lipinski definition) is 1. The van der Waals surface area contributed by atoms with Crippen LogP contribution in [0.2, 0.25) is 0 Å². The summed E-state index contributed by atoms with van der Waals surface area (Å²) < 4.78 is 2.94. The fourth-order valence-corrected chi connectivity index (χ4v) is 3.51. The third kappa shape index (κ3) is 3.41. The molecule has 2 rings (SSSR count). The first-order valence-corrected chi connectivity index (χ1v) is 7.97. The van der Waals surface area contributed by atoms with Crippen LogP contribution in [0.4, 0.5) is 0 Å². The molecular weight excluding hydrogens is 304 g/mol. The van der Waals surface area contributed by atoms with Crippen molar-refractivity contribution < 1.29 is 4.79 Å². The lowest BCUT2D eigenvalue weighted by molar-refractivity contribution is 0.0890. The highest BCUT2D eigenvalue weighted by Gasteiger charge is 2.27. The van der Waals surface area contributed by atoms with Gasteiger partial charge in [0.05, 0.1) is 0 Å². The van der Waals surface area contributed by atoms with Crippen molar-refractivity contribution in [3.63, 3.8) is 0 Å². The molecule has 0 saturated heterocycles. The largest absolute Gasteiger partial charge is 0.348 e. The summed E-state index contributed by atoms with van der Waals surface area (Å²) in [6, 6.07) is 2.22. The molecule has 0 aliphatic heterocycles. The van der Waals surface area contributed by atoms with Crippen molar-refractivity contribution in [3.8, 4) is 0 Å². The molecule has 1 aromatic heterocycles. The molecule has 106 valence electrons. The highest BCUT2D eigenvalue weighted by Crippen LogP contribution is 2.29. The number of rotatable bonds is 3. The molecule has 1 heterocycles. The van der Waals surface area contributed by atoms with Crippen LogP contribution >= 0.6 is 15.9 Å². The fourth-order valence-electron chi connectivity index (χ4n) is 3.05. The van der Waals surface area contributed by atoms with Gasteiger partial charge in [0.25, 0.3) is 5.91 Å². The summed E-state index contributed by atoms with van der Waals surface area (Å²) in [5, 5.41) is 3.21. The van der Waals surface area contributed by atoms with Crippen molar-refractivity contribution >= 4 is 21.8 Å². The lowest BCUT2D eigenvalue weighted by Crippen LogP contribution is -2.43. The molecular formula is C15H23BrN2O. The molecule has 1 fully saturated rings. The molecule has 1 aliphatic carbocycles. The van der Waals surface area contributed by atoms with Gasteiger partial charge in [0.15, 0.2) is 0 Å². The highest BCUT2D eigenvalue weighted by atomic mass is 79.9. The van der Waals surface area contributed by atoms with Gasteiger partial charge in [-0.2, -0.15) is 0 Å². The van der Waals surface area contributed by atoms with Crippen molar-refractivity contribution in [3.05, 3.63) is 22.4 Å². The molecule has 0 spiro atoms. The standard InChI is InChI=1S/C15H23BrN2O/c1-4-18-9-12(16)8-14(18)15(19)17-13-6-5-10(2)7-11(13)3/h8-11,13H,4-7H2,1-3H3,(H,17,19). The van der Waals surface area contributed by atoms with Gasteiger partial charge in [-0.1, -0.05) is 13.8 Å². The Morgan fingerprint density at radius 2 is 2.21 bits per heavy atom. The minimum atomic E-state index is 0.0546. The third-order valence-corrected chi connectivity index (χ3v) is 4.62. The number of amides is 1. The first-order valence-electron chi connectivity index (χ1n) is 7.17. The maximum absolute atomic E-state index is 12.4. The highest BCUT2D eigenvalue weighted by molar-refractivity contribution is 9.10. The smallest absolute Gasteiger partial charge is 0.268 e. The summed E-state index contributed by atoms with van der Waals surface area (Å²) in [4.78, 5) is 12.4. The van der Waals surface area contributed by atoms with E-state index in [-0.39, 0.29) is 5.91 Å². The molecule has 19 heavy (non-hydrogen) atoms. The lowest BCUT2D eigenvalue weighted by Gasteiger charge is -2.33. The predicted octanol–water partition coefficient (Wildman–Crippen LogP) is 3.83. The van der Waals surface area contributed by atoms with Crippen LogP contribution in [0.25, 0.3) is 0 Å². The minimum absolute atomic E-state index is 0.0546. The molecule has 0 aromatic carbocycles. The number of halogens is 1. The Labute approximate surface area is 123 Å². The van der Waals surface area contributed by atoms with Gasteiger partial charge >= 0.3 is 0 Å². The minimum Gasteiger partial charge on any atom is -0.348 e. The summed E-state index contributed by atoms with van der Waals surface area (Å²) in [6.45, 7) is 7.41. The van der Waals surface area contributed by atoms with Crippen molar-refractivity contribution in [2.45, 2.75) is 52.6 Å². The van der Waals surface area contributed by atoms with Gasteiger partial charge in [-0.05, 0) is 60.0 Å². The maximum atomic E-state index is 12.4. The molecule has 0 radical (unpaired) electrons. The summed E-state index contributed by atoms with van der Waals surface area (Å²) in [5.41, 5.74) is 0.750. The van der Waals surface area contributed by atoms with Crippen LogP contribution < -0.4 is 5.32 Å². The molecule has 1 aromatic rings. The Hall–Kier alpha value is -0.770. The van der Waals surface area contributed by atoms with E-state index in [2.05, 4.69) is 35.1 Å². The number of nitrogens with one attached hydrogen (secondary N) is 1. The molecule has 0 bridgehead atoms. The van der Waals surface area contributed by atoms with Crippen molar-refractivity contribution in [2.75, 3.05) is 0 Å². The van der Waals surface area contributed by atoms with Gasteiger partial charge in [0.1, 0.15) is 5.69 Å². The lowest BCUT2D eigenvalue weighted by atomic mass is 9.80. The second-order valence-corrected chi connectivity index (χ2v) is 6.72. The fraction of sp³-hybridized carbons (Fsp3) is 0.667. The second-order valence-electron chi connectivity index (χ2n) is 5.81. The number of aryl methyl sites for hydroxylation is 1.